The molecule has 0 bridgehead atoms. The van der Waals surface area contributed by atoms with E-state index in [4.69, 9.17) is 15.2 Å². The van der Waals surface area contributed by atoms with Gasteiger partial charge in [-0.15, -0.1) is 0 Å². The molecule has 0 saturated carbocycles. The van der Waals surface area contributed by atoms with Crippen LogP contribution in [0.4, 0.5) is 13.2 Å². The van der Waals surface area contributed by atoms with Crippen LogP contribution in [0.15, 0.2) is 12.1 Å². The summed E-state index contributed by atoms with van der Waals surface area (Å²) in [4.78, 5) is 0. The molecule has 100 valence electrons. The Bertz CT molecular complexity index is 432. The SMILES string of the molecule is NCCCCc1cc2c(cc1C(F)(F)F)OCO2. The normalized spacial score (nSPS) is 14.0. The second-order valence-corrected chi connectivity index (χ2v) is 4.11. The van der Waals surface area contributed by atoms with Gasteiger partial charge in [0.25, 0.3) is 0 Å². The summed E-state index contributed by atoms with van der Waals surface area (Å²) in [5, 5.41) is 0. The predicted molar refractivity (Wildman–Crippen MR) is 59.6 cm³/mol. The van der Waals surface area contributed by atoms with Gasteiger partial charge >= 0.3 is 6.18 Å². The summed E-state index contributed by atoms with van der Waals surface area (Å²) < 4.78 is 48.8. The number of nitrogens with two attached hydrogens (primary N) is 1. The topological polar surface area (TPSA) is 44.5 Å². The zero-order chi connectivity index (χ0) is 13.2. The molecule has 1 aliphatic rings. The van der Waals surface area contributed by atoms with Crippen molar-refractivity contribution in [3.05, 3.63) is 23.3 Å². The number of hydrogen-bond donors (Lipinski definition) is 1. The third kappa shape index (κ3) is 2.69. The molecule has 0 aromatic heterocycles. The highest BCUT2D eigenvalue weighted by molar-refractivity contribution is 5.49. The summed E-state index contributed by atoms with van der Waals surface area (Å²) in [6, 6.07) is 2.43. The van der Waals surface area contributed by atoms with Gasteiger partial charge in [0.15, 0.2) is 11.5 Å². The van der Waals surface area contributed by atoms with Gasteiger partial charge in [0.05, 0.1) is 5.56 Å². The van der Waals surface area contributed by atoms with Crippen LogP contribution < -0.4 is 15.2 Å². The first-order valence-electron chi connectivity index (χ1n) is 5.72. The van der Waals surface area contributed by atoms with Gasteiger partial charge in [-0.25, -0.2) is 0 Å². The van der Waals surface area contributed by atoms with Crippen molar-refractivity contribution < 1.29 is 22.6 Å². The summed E-state index contributed by atoms with van der Waals surface area (Å²) in [5.41, 5.74) is 4.93. The number of halogens is 3. The third-order valence-electron chi connectivity index (χ3n) is 2.80. The van der Waals surface area contributed by atoms with Crippen molar-refractivity contribution in [2.24, 2.45) is 5.73 Å². The molecule has 6 heteroatoms. The van der Waals surface area contributed by atoms with E-state index in [1.807, 2.05) is 0 Å². The first-order chi connectivity index (χ1) is 8.52. The van der Waals surface area contributed by atoms with Gasteiger partial charge < -0.3 is 15.2 Å². The Morgan fingerprint density at radius 3 is 2.39 bits per heavy atom. The van der Waals surface area contributed by atoms with Crippen LogP contribution in [0.5, 0.6) is 11.5 Å². The number of aryl methyl sites for hydroxylation is 1. The van der Waals surface area contributed by atoms with Crippen LogP contribution >= 0.6 is 0 Å². The molecule has 3 nitrogen and oxygen atoms in total. The monoisotopic (exact) mass is 261 g/mol. The van der Waals surface area contributed by atoms with E-state index in [1.54, 1.807) is 0 Å². The Labute approximate surface area is 103 Å². The van der Waals surface area contributed by atoms with Gasteiger partial charge in [-0.3, -0.25) is 0 Å². The fourth-order valence-electron chi connectivity index (χ4n) is 1.91. The van der Waals surface area contributed by atoms with Crippen molar-refractivity contribution in [3.8, 4) is 11.5 Å². The third-order valence-corrected chi connectivity index (χ3v) is 2.80. The van der Waals surface area contributed by atoms with Crippen molar-refractivity contribution in [1.82, 2.24) is 0 Å². The lowest BCUT2D eigenvalue weighted by Crippen LogP contribution is -2.10. The van der Waals surface area contributed by atoms with Crippen molar-refractivity contribution in [3.63, 3.8) is 0 Å². The van der Waals surface area contributed by atoms with E-state index in [1.165, 1.54) is 6.07 Å². The molecule has 0 saturated heterocycles. The Morgan fingerprint density at radius 2 is 1.78 bits per heavy atom. The lowest BCUT2D eigenvalue weighted by atomic mass is 10.0. The molecule has 1 aromatic rings. The number of rotatable bonds is 4. The highest BCUT2D eigenvalue weighted by Crippen LogP contribution is 2.41. The summed E-state index contributed by atoms with van der Waals surface area (Å²) in [7, 11) is 0. The van der Waals surface area contributed by atoms with E-state index in [9.17, 15) is 13.2 Å². The maximum absolute atomic E-state index is 12.9. The molecule has 0 fully saturated rings. The van der Waals surface area contributed by atoms with Crippen molar-refractivity contribution >= 4 is 0 Å². The summed E-state index contributed by atoms with van der Waals surface area (Å²) in [6.07, 6.45) is -2.72. The quantitative estimate of drug-likeness (QED) is 0.847. The van der Waals surface area contributed by atoms with Crippen LogP contribution in [0.2, 0.25) is 0 Å². The van der Waals surface area contributed by atoms with Crippen LogP contribution in [0.25, 0.3) is 0 Å². The van der Waals surface area contributed by atoms with Crippen molar-refractivity contribution in [2.75, 3.05) is 13.3 Å². The molecular weight excluding hydrogens is 247 g/mol. The summed E-state index contributed by atoms with van der Waals surface area (Å²) in [5.74, 6) is 0.538. The second-order valence-electron chi connectivity index (χ2n) is 4.11. The number of ether oxygens (including phenoxy) is 2. The summed E-state index contributed by atoms with van der Waals surface area (Å²) in [6.45, 7) is 0.449. The zero-order valence-electron chi connectivity index (χ0n) is 9.72. The molecule has 0 amide bonds. The highest BCUT2D eigenvalue weighted by Gasteiger charge is 2.35. The van der Waals surface area contributed by atoms with Crippen LogP contribution in [0, 0.1) is 0 Å². The Morgan fingerprint density at radius 1 is 1.11 bits per heavy atom. The second kappa shape index (κ2) is 5.06. The fourth-order valence-corrected chi connectivity index (χ4v) is 1.91. The fraction of sp³-hybridized carbons (Fsp3) is 0.500. The van der Waals surface area contributed by atoms with Gasteiger partial charge in [-0.2, -0.15) is 13.2 Å². The first-order valence-corrected chi connectivity index (χ1v) is 5.72. The zero-order valence-corrected chi connectivity index (χ0v) is 9.72. The largest absolute Gasteiger partial charge is 0.454 e. The Kier molecular flexibility index (Phi) is 3.65. The van der Waals surface area contributed by atoms with E-state index in [0.717, 1.165) is 6.07 Å². The standard InChI is InChI=1S/C12H14F3NO2/c13-12(14,15)9-6-11-10(17-7-18-11)5-8(9)3-1-2-4-16/h5-6H,1-4,7,16H2. The van der Waals surface area contributed by atoms with Crippen LogP contribution in [-0.4, -0.2) is 13.3 Å². The first kappa shape index (κ1) is 13.0. The van der Waals surface area contributed by atoms with Gasteiger partial charge in [0.1, 0.15) is 0 Å². The maximum Gasteiger partial charge on any atom is 0.416 e. The van der Waals surface area contributed by atoms with E-state index >= 15 is 0 Å². The molecule has 1 aliphatic heterocycles. The Balaban J connectivity index is 2.30. The molecule has 1 aromatic carbocycles. The van der Waals surface area contributed by atoms with Gasteiger partial charge in [-0.05, 0) is 43.5 Å². The summed E-state index contributed by atoms with van der Waals surface area (Å²) >= 11 is 0. The van der Waals surface area contributed by atoms with Crippen LogP contribution in [0.3, 0.4) is 0 Å². The Hall–Kier alpha value is -1.43. The number of fused-ring (bicyclic) bond motifs is 1. The van der Waals surface area contributed by atoms with Crippen LogP contribution in [0.1, 0.15) is 24.0 Å². The number of hydrogen-bond acceptors (Lipinski definition) is 3. The molecular formula is C12H14F3NO2. The van der Waals surface area contributed by atoms with E-state index in [2.05, 4.69) is 0 Å². The van der Waals surface area contributed by atoms with Gasteiger partial charge in [0, 0.05) is 0 Å². The van der Waals surface area contributed by atoms with E-state index in [-0.39, 0.29) is 18.1 Å². The van der Waals surface area contributed by atoms with Crippen LogP contribution in [-0.2, 0) is 12.6 Å². The number of benzene rings is 1. The molecule has 1 heterocycles. The number of unbranched alkanes of at least 4 members (excludes halogenated alkanes) is 1. The maximum atomic E-state index is 12.9. The van der Waals surface area contributed by atoms with E-state index in [0.29, 0.717) is 31.6 Å². The molecule has 2 N–H and O–H groups in total. The molecule has 0 aliphatic carbocycles. The highest BCUT2D eigenvalue weighted by atomic mass is 19.4. The molecule has 0 radical (unpaired) electrons. The molecule has 0 atom stereocenters. The minimum absolute atomic E-state index is 0.0289. The molecule has 0 spiro atoms. The lowest BCUT2D eigenvalue weighted by Gasteiger charge is -2.13. The minimum Gasteiger partial charge on any atom is -0.454 e. The van der Waals surface area contributed by atoms with Gasteiger partial charge in [-0.1, -0.05) is 0 Å². The van der Waals surface area contributed by atoms with Gasteiger partial charge in [0.2, 0.25) is 6.79 Å². The molecule has 0 unspecified atom stereocenters. The lowest BCUT2D eigenvalue weighted by molar-refractivity contribution is -0.138. The van der Waals surface area contributed by atoms with Crippen molar-refractivity contribution in [1.29, 1.82) is 0 Å². The molecule has 2 rings (SSSR count). The average molecular weight is 261 g/mol. The molecule has 18 heavy (non-hydrogen) atoms. The average Bonchev–Trinajstić information content (AvgIpc) is 2.74. The number of alkyl halides is 3. The van der Waals surface area contributed by atoms with E-state index < -0.39 is 11.7 Å². The predicted octanol–water partition coefficient (Wildman–Crippen LogP) is 2.72. The minimum atomic E-state index is -4.38. The smallest absolute Gasteiger partial charge is 0.416 e. The van der Waals surface area contributed by atoms with Crippen molar-refractivity contribution in [2.45, 2.75) is 25.4 Å².